The first-order valence-electron chi connectivity index (χ1n) is 10.6. The number of aromatic nitrogens is 1. The Morgan fingerprint density at radius 2 is 1.80 bits per heavy atom. The number of alkyl halides is 3. The maximum Gasteiger partial charge on any atom is 0.490 e. The van der Waals surface area contributed by atoms with Crippen molar-refractivity contribution in [2.24, 2.45) is 5.92 Å². The standard InChI is InChI=1S/C20H25FN4O2S.C2HF3O2/c1-24(20(27)23-12-19-22-8-11-28-19)13-15-6-9-25(10-7-15)14-18(26)16-2-4-17(21)5-3-16;3-2(4,5)1(6)7/h2-5,8,11,15H,6-7,9-10,12-14H2,1H3,(H,23,27);(H,6,7). The first-order chi connectivity index (χ1) is 16.5. The third-order valence-electron chi connectivity index (χ3n) is 5.24. The minimum Gasteiger partial charge on any atom is -0.475 e. The Kier molecular flexibility index (Phi) is 10.6. The Morgan fingerprint density at radius 1 is 1.20 bits per heavy atom. The molecule has 0 spiro atoms. The van der Waals surface area contributed by atoms with Gasteiger partial charge in [0, 0.05) is 30.7 Å². The number of Topliss-reactive ketones (excluding diaryl/α,β-unsaturated/α-hetero) is 1. The van der Waals surface area contributed by atoms with Gasteiger partial charge < -0.3 is 15.3 Å². The van der Waals surface area contributed by atoms with Gasteiger partial charge in [0.2, 0.25) is 0 Å². The molecule has 2 heterocycles. The fraction of sp³-hybridized carbons (Fsp3) is 0.455. The minimum atomic E-state index is -5.08. The van der Waals surface area contributed by atoms with Crippen molar-refractivity contribution in [2.75, 3.05) is 33.2 Å². The van der Waals surface area contributed by atoms with E-state index in [4.69, 9.17) is 9.90 Å². The van der Waals surface area contributed by atoms with Crippen LogP contribution in [0.5, 0.6) is 0 Å². The predicted molar refractivity (Wildman–Crippen MR) is 121 cm³/mol. The number of amides is 2. The molecule has 0 atom stereocenters. The van der Waals surface area contributed by atoms with Gasteiger partial charge in [-0.25, -0.2) is 19.0 Å². The lowest BCUT2D eigenvalue weighted by Crippen LogP contribution is -2.43. The molecule has 192 valence electrons. The molecule has 2 amide bonds. The number of halogens is 4. The number of nitrogens with one attached hydrogen (secondary N) is 1. The molecule has 35 heavy (non-hydrogen) atoms. The topological polar surface area (TPSA) is 103 Å². The average Bonchev–Trinajstić information content (AvgIpc) is 3.32. The van der Waals surface area contributed by atoms with E-state index in [2.05, 4.69) is 15.2 Å². The summed E-state index contributed by atoms with van der Waals surface area (Å²) < 4.78 is 44.7. The summed E-state index contributed by atoms with van der Waals surface area (Å²) in [5, 5.41) is 12.8. The van der Waals surface area contributed by atoms with E-state index in [1.807, 2.05) is 12.4 Å². The average molecular weight is 519 g/mol. The van der Waals surface area contributed by atoms with Crippen LogP contribution in [0.3, 0.4) is 0 Å². The molecule has 0 unspecified atom stereocenters. The number of hydrogen-bond acceptors (Lipinski definition) is 6. The van der Waals surface area contributed by atoms with Gasteiger partial charge in [-0.05, 0) is 56.1 Å². The molecule has 8 nitrogen and oxygen atoms in total. The largest absolute Gasteiger partial charge is 0.490 e. The number of rotatable bonds is 7. The first kappa shape index (κ1) is 28.2. The van der Waals surface area contributed by atoms with E-state index in [1.54, 1.807) is 11.1 Å². The number of piperidine rings is 1. The van der Waals surface area contributed by atoms with Crippen LogP contribution in [0, 0.1) is 11.7 Å². The molecular weight excluding hydrogens is 492 g/mol. The van der Waals surface area contributed by atoms with Crippen molar-refractivity contribution >= 4 is 29.1 Å². The molecule has 1 aromatic heterocycles. The van der Waals surface area contributed by atoms with Gasteiger partial charge in [0.15, 0.2) is 5.78 Å². The van der Waals surface area contributed by atoms with Crippen molar-refractivity contribution in [3.05, 3.63) is 52.2 Å². The van der Waals surface area contributed by atoms with Gasteiger partial charge in [-0.3, -0.25) is 9.69 Å². The molecule has 1 aromatic carbocycles. The smallest absolute Gasteiger partial charge is 0.475 e. The lowest BCUT2D eigenvalue weighted by Gasteiger charge is -2.33. The molecule has 1 fully saturated rings. The van der Waals surface area contributed by atoms with Crippen molar-refractivity contribution in [1.29, 1.82) is 0 Å². The summed E-state index contributed by atoms with van der Waals surface area (Å²) in [5.74, 6) is -2.66. The van der Waals surface area contributed by atoms with Gasteiger partial charge in [-0.15, -0.1) is 11.3 Å². The molecule has 2 N–H and O–H groups in total. The zero-order chi connectivity index (χ0) is 26.0. The monoisotopic (exact) mass is 518 g/mol. The van der Waals surface area contributed by atoms with E-state index in [0.717, 1.165) is 30.9 Å². The van der Waals surface area contributed by atoms with Crippen molar-refractivity contribution in [3.63, 3.8) is 0 Å². The molecule has 2 aromatic rings. The number of hydrogen-bond donors (Lipinski definition) is 2. The molecule has 0 saturated carbocycles. The maximum atomic E-state index is 13.0. The first-order valence-corrected chi connectivity index (χ1v) is 11.5. The van der Waals surface area contributed by atoms with Gasteiger partial charge in [0.25, 0.3) is 0 Å². The third-order valence-corrected chi connectivity index (χ3v) is 6.02. The van der Waals surface area contributed by atoms with Gasteiger partial charge >= 0.3 is 18.2 Å². The number of carbonyl (C=O) groups is 3. The molecule has 1 aliphatic rings. The van der Waals surface area contributed by atoms with Crippen LogP contribution in [-0.2, 0) is 11.3 Å². The van der Waals surface area contributed by atoms with E-state index in [1.165, 1.54) is 35.6 Å². The Balaban J connectivity index is 0.000000540. The zero-order valence-electron chi connectivity index (χ0n) is 18.9. The van der Waals surface area contributed by atoms with E-state index < -0.39 is 12.1 Å². The van der Waals surface area contributed by atoms with Crippen LogP contribution in [0.4, 0.5) is 22.4 Å². The van der Waals surface area contributed by atoms with E-state index >= 15 is 0 Å². The van der Waals surface area contributed by atoms with E-state index in [0.29, 0.717) is 31.1 Å². The maximum absolute atomic E-state index is 13.0. The molecule has 0 aliphatic carbocycles. The fourth-order valence-corrected chi connectivity index (χ4v) is 3.91. The Hall–Kier alpha value is -3.06. The summed E-state index contributed by atoms with van der Waals surface area (Å²) >= 11 is 1.52. The van der Waals surface area contributed by atoms with Crippen LogP contribution in [0.2, 0.25) is 0 Å². The second-order valence-corrected chi connectivity index (χ2v) is 8.90. The summed E-state index contributed by atoms with van der Waals surface area (Å²) in [7, 11) is 1.81. The summed E-state index contributed by atoms with van der Waals surface area (Å²) in [6.07, 6.45) is -1.47. The molecule has 1 saturated heterocycles. The number of nitrogens with zero attached hydrogens (tertiary/aromatic N) is 3. The summed E-state index contributed by atoms with van der Waals surface area (Å²) in [6.45, 7) is 3.15. The number of carboxylic acids is 1. The highest BCUT2D eigenvalue weighted by molar-refractivity contribution is 7.09. The van der Waals surface area contributed by atoms with Crippen LogP contribution in [-0.4, -0.2) is 77.1 Å². The van der Waals surface area contributed by atoms with Crippen LogP contribution >= 0.6 is 11.3 Å². The molecule has 0 radical (unpaired) electrons. The fourth-order valence-electron chi connectivity index (χ4n) is 3.35. The van der Waals surface area contributed by atoms with Crippen molar-refractivity contribution in [1.82, 2.24) is 20.1 Å². The zero-order valence-corrected chi connectivity index (χ0v) is 19.7. The summed E-state index contributed by atoms with van der Waals surface area (Å²) in [5.41, 5.74) is 0.542. The third kappa shape index (κ3) is 9.99. The number of aliphatic carboxylic acids is 1. The number of benzene rings is 1. The predicted octanol–water partition coefficient (Wildman–Crippen LogP) is 3.65. The second kappa shape index (κ2) is 13.1. The van der Waals surface area contributed by atoms with Crippen LogP contribution < -0.4 is 5.32 Å². The lowest BCUT2D eigenvalue weighted by molar-refractivity contribution is -0.192. The van der Waals surface area contributed by atoms with Crippen LogP contribution in [0.1, 0.15) is 28.2 Å². The van der Waals surface area contributed by atoms with E-state index in [9.17, 15) is 27.2 Å². The highest BCUT2D eigenvalue weighted by Crippen LogP contribution is 2.19. The molecule has 3 rings (SSSR count). The number of urea groups is 1. The Morgan fingerprint density at radius 3 is 2.31 bits per heavy atom. The van der Waals surface area contributed by atoms with Gasteiger partial charge in [0.05, 0.1) is 13.1 Å². The van der Waals surface area contributed by atoms with Crippen molar-refractivity contribution in [2.45, 2.75) is 25.6 Å². The molecular formula is C22H26F4N4O4S. The van der Waals surface area contributed by atoms with Gasteiger partial charge in [-0.1, -0.05) is 0 Å². The highest BCUT2D eigenvalue weighted by atomic mass is 32.1. The van der Waals surface area contributed by atoms with Crippen LogP contribution in [0.25, 0.3) is 0 Å². The molecule has 13 heteroatoms. The van der Waals surface area contributed by atoms with Crippen molar-refractivity contribution < 1.29 is 37.1 Å². The number of likely N-dealkylation sites (tertiary alicyclic amines) is 1. The van der Waals surface area contributed by atoms with Crippen LogP contribution in [0.15, 0.2) is 35.8 Å². The van der Waals surface area contributed by atoms with Crippen molar-refractivity contribution in [3.8, 4) is 0 Å². The molecule has 1 aliphatic heterocycles. The second-order valence-electron chi connectivity index (χ2n) is 7.92. The Labute approximate surface area is 203 Å². The SMILES string of the molecule is CN(CC1CCN(CC(=O)c2ccc(F)cc2)CC1)C(=O)NCc1nccs1.O=C(O)C(F)(F)F. The normalized spacial score (nSPS) is 14.5. The number of ketones is 1. The lowest BCUT2D eigenvalue weighted by atomic mass is 9.96. The molecule has 0 bridgehead atoms. The summed E-state index contributed by atoms with van der Waals surface area (Å²) in [6, 6.07) is 5.60. The number of thiazole rings is 1. The Bertz CT molecular complexity index is 963. The number of carboxylic acid groups (broad SMARTS) is 1. The van der Waals surface area contributed by atoms with E-state index in [-0.39, 0.29) is 17.6 Å². The minimum absolute atomic E-state index is 0.0112. The van der Waals surface area contributed by atoms with Gasteiger partial charge in [0.1, 0.15) is 10.8 Å². The highest BCUT2D eigenvalue weighted by Gasteiger charge is 2.38. The summed E-state index contributed by atoms with van der Waals surface area (Å²) in [4.78, 5) is 41.4. The van der Waals surface area contributed by atoms with Gasteiger partial charge in [-0.2, -0.15) is 13.2 Å². The number of carbonyl (C=O) groups excluding carboxylic acids is 2. The quantitative estimate of drug-likeness (QED) is 0.429.